The van der Waals surface area contributed by atoms with Gasteiger partial charge < -0.3 is 9.42 Å². The Morgan fingerprint density at radius 3 is 2.33 bits per heavy atom. The molecule has 0 aliphatic rings. The zero-order valence-electron chi connectivity index (χ0n) is 17.5. The number of rotatable bonds is 7. The van der Waals surface area contributed by atoms with Gasteiger partial charge >= 0.3 is 0 Å². The van der Waals surface area contributed by atoms with Gasteiger partial charge in [-0.25, -0.2) is 8.78 Å². The van der Waals surface area contributed by atoms with Crippen LogP contribution in [0.2, 0.25) is 0 Å². The molecule has 158 valence electrons. The number of aryl methyl sites for hydroxylation is 1. The summed E-state index contributed by atoms with van der Waals surface area (Å²) in [6, 6.07) is 11.2. The van der Waals surface area contributed by atoms with E-state index in [9.17, 15) is 13.6 Å². The predicted molar refractivity (Wildman–Crippen MR) is 110 cm³/mol. The molecule has 30 heavy (non-hydrogen) atoms. The molecule has 0 saturated heterocycles. The molecular formula is C23H25F2N3O2. The molecule has 7 heteroatoms. The summed E-state index contributed by atoms with van der Waals surface area (Å²) in [5.74, 6) is -0.702. The van der Waals surface area contributed by atoms with Crippen LogP contribution < -0.4 is 0 Å². The van der Waals surface area contributed by atoms with E-state index in [4.69, 9.17) is 4.52 Å². The van der Waals surface area contributed by atoms with E-state index in [1.165, 1.54) is 16.5 Å². The van der Waals surface area contributed by atoms with Gasteiger partial charge in [0.25, 0.3) is 0 Å². The van der Waals surface area contributed by atoms with Gasteiger partial charge in [0.05, 0.1) is 6.04 Å². The normalized spacial score (nSPS) is 12.2. The van der Waals surface area contributed by atoms with Crippen LogP contribution in [-0.2, 0) is 11.2 Å². The lowest BCUT2D eigenvalue weighted by Crippen LogP contribution is -2.30. The van der Waals surface area contributed by atoms with Crippen LogP contribution in [0, 0.1) is 11.6 Å². The van der Waals surface area contributed by atoms with Crippen LogP contribution in [0.4, 0.5) is 8.78 Å². The van der Waals surface area contributed by atoms with Crippen molar-refractivity contribution in [3.05, 3.63) is 71.1 Å². The van der Waals surface area contributed by atoms with Crippen LogP contribution in [0.3, 0.4) is 0 Å². The summed E-state index contributed by atoms with van der Waals surface area (Å²) in [5, 5.41) is 4.00. The number of carbonyl (C=O) groups is 1. The SMILES string of the molecule is CC(C)c1ccc(-c2noc(CCC(=O)N(C)C(C)c3ccc(F)c(F)c3)n2)cc1. The summed E-state index contributed by atoms with van der Waals surface area (Å²) < 4.78 is 31.9. The summed E-state index contributed by atoms with van der Waals surface area (Å²) in [5.41, 5.74) is 2.60. The Labute approximate surface area is 174 Å². The molecule has 1 atom stereocenters. The summed E-state index contributed by atoms with van der Waals surface area (Å²) in [6.45, 7) is 6.02. The molecule has 0 spiro atoms. The highest BCUT2D eigenvalue weighted by Crippen LogP contribution is 2.23. The van der Waals surface area contributed by atoms with E-state index in [1.54, 1.807) is 14.0 Å². The number of aromatic nitrogens is 2. The molecule has 5 nitrogen and oxygen atoms in total. The Kier molecular flexibility index (Phi) is 6.59. The highest BCUT2D eigenvalue weighted by Gasteiger charge is 2.20. The quantitative estimate of drug-likeness (QED) is 0.528. The van der Waals surface area contributed by atoms with Gasteiger partial charge in [0.2, 0.25) is 17.6 Å². The Bertz CT molecular complexity index is 1020. The fraction of sp³-hybridized carbons (Fsp3) is 0.348. The van der Waals surface area contributed by atoms with Gasteiger partial charge in [-0.2, -0.15) is 4.98 Å². The van der Waals surface area contributed by atoms with Crippen molar-refractivity contribution in [1.29, 1.82) is 0 Å². The van der Waals surface area contributed by atoms with Crippen molar-refractivity contribution in [2.75, 3.05) is 7.05 Å². The Morgan fingerprint density at radius 1 is 1.03 bits per heavy atom. The molecule has 1 unspecified atom stereocenters. The van der Waals surface area contributed by atoms with Crippen molar-refractivity contribution in [3.63, 3.8) is 0 Å². The highest BCUT2D eigenvalue weighted by atomic mass is 19.2. The zero-order chi connectivity index (χ0) is 21.8. The van der Waals surface area contributed by atoms with Crippen LogP contribution in [0.15, 0.2) is 47.0 Å². The summed E-state index contributed by atoms with van der Waals surface area (Å²) in [4.78, 5) is 18.4. The average molecular weight is 413 g/mol. The second kappa shape index (κ2) is 9.15. The van der Waals surface area contributed by atoms with Crippen molar-refractivity contribution in [2.24, 2.45) is 0 Å². The number of halogens is 2. The summed E-state index contributed by atoms with van der Waals surface area (Å²) >= 11 is 0. The molecule has 0 radical (unpaired) electrons. The zero-order valence-corrected chi connectivity index (χ0v) is 17.5. The first kappa shape index (κ1) is 21.6. The van der Waals surface area contributed by atoms with Gasteiger partial charge in [-0.1, -0.05) is 49.3 Å². The number of hydrogen-bond donors (Lipinski definition) is 0. The third kappa shape index (κ3) is 4.90. The smallest absolute Gasteiger partial charge is 0.227 e. The maximum Gasteiger partial charge on any atom is 0.227 e. The Hall–Kier alpha value is -3.09. The molecule has 0 saturated carbocycles. The first-order valence-corrected chi connectivity index (χ1v) is 9.89. The first-order valence-electron chi connectivity index (χ1n) is 9.89. The van der Waals surface area contributed by atoms with Gasteiger partial charge in [-0.05, 0) is 36.1 Å². The molecule has 1 aromatic heterocycles. The van der Waals surface area contributed by atoms with Crippen molar-refractivity contribution in [1.82, 2.24) is 15.0 Å². The molecule has 0 aliphatic carbocycles. The minimum absolute atomic E-state index is 0.159. The standard InChI is InChI=1S/C23H25F2N3O2/c1-14(2)16-5-7-17(8-6-16)23-26-21(30-27-23)11-12-22(29)28(4)15(3)18-9-10-19(24)20(25)13-18/h5-10,13-15H,11-12H2,1-4H3. The van der Waals surface area contributed by atoms with E-state index >= 15 is 0 Å². The Morgan fingerprint density at radius 2 is 1.70 bits per heavy atom. The minimum atomic E-state index is -0.931. The van der Waals surface area contributed by atoms with E-state index in [0.29, 0.717) is 29.6 Å². The van der Waals surface area contributed by atoms with Crippen LogP contribution >= 0.6 is 0 Å². The largest absolute Gasteiger partial charge is 0.339 e. The molecule has 0 aliphatic heterocycles. The average Bonchev–Trinajstić information content (AvgIpc) is 3.22. The lowest BCUT2D eigenvalue weighted by Gasteiger charge is -2.25. The van der Waals surface area contributed by atoms with Crippen LogP contribution in [0.25, 0.3) is 11.4 Å². The van der Waals surface area contributed by atoms with Gasteiger partial charge in [-0.15, -0.1) is 0 Å². The minimum Gasteiger partial charge on any atom is -0.339 e. The second-order valence-electron chi connectivity index (χ2n) is 7.64. The number of benzene rings is 2. The van der Waals surface area contributed by atoms with Gasteiger partial charge in [0.1, 0.15) is 0 Å². The third-order valence-corrected chi connectivity index (χ3v) is 5.26. The van der Waals surface area contributed by atoms with Gasteiger partial charge in [-0.3, -0.25) is 4.79 Å². The van der Waals surface area contributed by atoms with Crippen LogP contribution in [-0.4, -0.2) is 28.0 Å². The molecule has 1 amide bonds. The topological polar surface area (TPSA) is 59.2 Å². The lowest BCUT2D eigenvalue weighted by molar-refractivity contribution is -0.131. The van der Waals surface area contributed by atoms with Crippen molar-refractivity contribution < 1.29 is 18.1 Å². The summed E-state index contributed by atoms with van der Waals surface area (Å²) in [7, 11) is 1.63. The van der Waals surface area contributed by atoms with Gasteiger partial charge in [0, 0.05) is 25.5 Å². The monoisotopic (exact) mass is 413 g/mol. The number of hydrogen-bond acceptors (Lipinski definition) is 4. The van der Waals surface area contributed by atoms with Crippen molar-refractivity contribution in [2.45, 2.75) is 45.6 Å². The highest BCUT2D eigenvalue weighted by molar-refractivity contribution is 5.76. The second-order valence-corrected chi connectivity index (χ2v) is 7.64. The van der Waals surface area contributed by atoms with E-state index in [1.807, 2.05) is 24.3 Å². The van der Waals surface area contributed by atoms with Crippen LogP contribution in [0.5, 0.6) is 0 Å². The van der Waals surface area contributed by atoms with E-state index in [2.05, 4.69) is 24.0 Å². The molecule has 0 fully saturated rings. The summed E-state index contributed by atoms with van der Waals surface area (Å²) in [6.07, 6.45) is 0.461. The van der Waals surface area contributed by atoms with Crippen molar-refractivity contribution in [3.8, 4) is 11.4 Å². The molecular weight excluding hydrogens is 388 g/mol. The lowest BCUT2D eigenvalue weighted by atomic mass is 10.0. The molecule has 3 aromatic rings. The molecule has 0 N–H and O–H groups in total. The van der Waals surface area contributed by atoms with E-state index in [0.717, 1.165) is 17.7 Å². The van der Waals surface area contributed by atoms with Crippen molar-refractivity contribution >= 4 is 5.91 Å². The maximum atomic E-state index is 13.5. The molecule has 1 heterocycles. The number of amides is 1. The first-order chi connectivity index (χ1) is 14.3. The fourth-order valence-corrected chi connectivity index (χ4v) is 3.09. The molecule has 3 rings (SSSR count). The molecule has 0 bridgehead atoms. The van der Waals surface area contributed by atoms with E-state index < -0.39 is 17.7 Å². The number of nitrogens with zero attached hydrogens (tertiary/aromatic N) is 3. The number of carbonyl (C=O) groups excluding carboxylic acids is 1. The fourth-order valence-electron chi connectivity index (χ4n) is 3.09. The molecule has 2 aromatic carbocycles. The van der Waals surface area contributed by atoms with E-state index in [-0.39, 0.29) is 12.3 Å². The third-order valence-electron chi connectivity index (χ3n) is 5.26. The maximum absolute atomic E-state index is 13.5. The Balaban J connectivity index is 1.59. The van der Waals surface area contributed by atoms with Crippen LogP contribution in [0.1, 0.15) is 56.2 Å². The predicted octanol–water partition coefficient (Wildman–Crippen LogP) is 5.29. The van der Waals surface area contributed by atoms with Gasteiger partial charge in [0.15, 0.2) is 11.6 Å².